The van der Waals surface area contributed by atoms with E-state index >= 15 is 0 Å². The third kappa shape index (κ3) is 3.09. The minimum absolute atomic E-state index is 0.296. The van der Waals surface area contributed by atoms with Crippen molar-refractivity contribution in [1.82, 2.24) is 9.80 Å². The van der Waals surface area contributed by atoms with Gasteiger partial charge in [-0.2, -0.15) is 0 Å². The van der Waals surface area contributed by atoms with E-state index in [4.69, 9.17) is 17.3 Å². The zero-order valence-electron chi connectivity index (χ0n) is 10.7. The molecule has 2 aliphatic heterocycles. The average Bonchev–Trinajstić information content (AvgIpc) is 2.65. The molecule has 0 spiro atoms. The molecule has 5 nitrogen and oxygen atoms in total. The monoisotopic (exact) mass is 300 g/mol. The van der Waals surface area contributed by atoms with Gasteiger partial charge < -0.3 is 10.0 Å². The lowest BCUT2D eigenvalue weighted by molar-refractivity contribution is -0.144. The van der Waals surface area contributed by atoms with Crippen LogP contribution in [0.2, 0.25) is 0 Å². The van der Waals surface area contributed by atoms with Crippen LogP contribution in [0.1, 0.15) is 26.2 Å². The molecule has 1 amide bonds. The van der Waals surface area contributed by atoms with Crippen LogP contribution in [-0.2, 0) is 9.59 Å². The normalized spacial score (nSPS) is 24.2. The van der Waals surface area contributed by atoms with Crippen molar-refractivity contribution >= 4 is 40.2 Å². The average molecular weight is 300 g/mol. The Morgan fingerprint density at radius 2 is 2.05 bits per heavy atom. The van der Waals surface area contributed by atoms with E-state index in [9.17, 15) is 9.59 Å². The van der Waals surface area contributed by atoms with Gasteiger partial charge in [0.1, 0.15) is 10.4 Å². The number of rotatable bonds is 3. The van der Waals surface area contributed by atoms with Crippen molar-refractivity contribution in [3.05, 3.63) is 11.1 Å². The van der Waals surface area contributed by atoms with Crippen LogP contribution in [-0.4, -0.2) is 50.2 Å². The first-order chi connectivity index (χ1) is 9.00. The predicted molar refractivity (Wildman–Crippen MR) is 77.6 cm³/mol. The molecule has 1 N–H and O–H groups in total. The highest BCUT2D eigenvalue weighted by Gasteiger charge is 2.38. The third-order valence-electron chi connectivity index (χ3n) is 3.26. The van der Waals surface area contributed by atoms with E-state index in [0.29, 0.717) is 9.23 Å². The van der Waals surface area contributed by atoms with Gasteiger partial charge in [-0.25, -0.2) is 4.79 Å². The molecule has 0 aromatic rings. The Morgan fingerprint density at radius 3 is 2.63 bits per heavy atom. The summed E-state index contributed by atoms with van der Waals surface area (Å²) >= 11 is 6.29. The van der Waals surface area contributed by atoms with Crippen LogP contribution in [0.4, 0.5) is 0 Å². The van der Waals surface area contributed by atoms with Crippen molar-refractivity contribution in [1.29, 1.82) is 0 Å². The number of amides is 1. The molecule has 0 unspecified atom stereocenters. The van der Waals surface area contributed by atoms with Gasteiger partial charge >= 0.3 is 5.97 Å². The molecule has 104 valence electrons. The van der Waals surface area contributed by atoms with Crippen LogP contribution in [0.25, 0.3) is 0 Å². The van der Waals surface area contributed by atoms with Crippen LogP contribution in [0, 0.1) is 0 Å². The Hall–Kier alpha value is -1.08. The fraction of sp³-hybridized carbons (Fsp3) is 0.583. The summed E-state index contributed by atoms with van der Waals surface area (Å²) in [5.74, 6) is -1.34. The number of thiocarbonyl (C=S) groups is 1. The number of likely N-dealkylation sites (tertiary alicyclic amines) is 1. The lowest BCUT2D eigenvalue weighted by atomic mass is 10.1. The highest BCUT2D eigenvalue weighted by atomic mass is 32.2. The first-order valence-electron chi connectivity index (χ1n) is 6.24. The number of piperidine rings is 1. The highest BCUT2D eigenvalue weighted by Crippen LogP contribution is 2.33. The number of carbonyl (C=O) groups excluding carboxylic acids is 1. The molecular formula is C12H16N2O3S2. The number of carboxylic acids is 1. The van der Waals surface area contributed by atoms with Crippen LogP contribution < -0.4 is 0 Å². The molecule has 2 saturated heterocycles. The molecule has 2 aliphatic rings. The van der Waals surface area contributed by atoms with Crippen molar-refractivity contribution in [3.63, 3.8) is 0 Å². The molecule has 2 rings (SSSR count). The second kappa shape index (κ2) is 5.92. The molecular weight excluding hydrogens is 284 g/mol. The van der Waals surface area contributed by atoms with Gasteiger partial charge in [0.2, 0.25) is 0 Å². The van der Waals surface area contributed by atoms with E-state index in [-0.39, 0.29) is 5.91 Å². The maximum atomic E-state index is 12.2. The Kier molecular flexibility index (Phi) is 4.46. The number of carboxylic acid groups (broad SMARTS) is 1. The lowest BCUT2D eigenvalue weighted by Crippen LogP contribution is -2.41. The van der Waals surface area contributed by atoms with Gasteiger partial charge in [-0.05, 0) is 26.2 Å². The van der Waals surface area contributed by atoms with Gasteiger partial charge in [-0.15, -0.1) is 0 Å². The van der Waals surface area contributed by atoms with Crippen molar-refractivity contribution in [2.75, 3.05) is 13.1 Å². The molecule has 7 heteroatoms. The van der Waals surface area contributed by atoms with Crippen LogP contribution >= 0.6 is 24.0 Å². The smallest absolute Gasteiger partial charge is 0.326 e. The summed E-state index contributed by atoms with van der Waals surface area (Å²) in [6.07, 6.45) is 5.30. The van der Waals surface area contributed by atoms with Crippen molar-refractivity contribution in [3.8, 4) is 0 Å². The molecule has 0 aromatic carbocycles. The Balaban J connectivity index is 2.13. The number of carbonyl (C=O) groups is 2. The molecule has 0 aliphatic carbocycles. The molecule has 2 fully saturated rings. The Morgan fingerprint density at radius 1 is 1.42 bits per heavy atom. The second-order valence-corrected chi connectivity index (χ2v) is 6.32. The van der Waals surface area contributed by atoms with E-state index < -0.39 is 12.0 Å². The minimum atomic E-state index is -1.05. The summed E-state index contributed by atoms with van der Waals surface area (Å²) in [5.41, 5.74) is 0. The minimum Gasteiger partial charge on any atom is -0.480 e. The molecule has 0 radical (unpaired) electrons. The SMILES string of the molecule is C[C@@H](C(=O)O)N1C(=O)/C(=C\N2CCCCC2)SC1=S. The summed E-state index contributed by atoms with van der Waals surface area (Å²) in [5, 5.41) is 8.99. The molecule has 0 aromatic heterocycles. The van der Waals surface area contributed by atoms with Gasteiger partial charge in [-0.3, -0.25) is 9.69 Å². The highest BCUT2D eigenvalue weighted by molar-refractivity contribution is 8.26. The van der Waals surface area contributed by atoms with Crippen molar-refractivity contribution in [2.24, 2.45) is 0 Å². The Bertz CT molecular complexity index is 444. The van der Waals surface area contributed by atoms with E-state index in [1.165, 1.54) is 30.0 Å². The third-order valence-corrected chi connectivity index (χ3v) is 4.58. The summed E-state index contributed by atoms with van der Waals surface area (Å²) in [7, 11) is 0. The van der Waals surface area contributed by atoms with Gasteiger partial charge in [0.25, 0.3) is 5.91 Å². The zero-order chi connectivity index (χ0) is 14.0. The standard InChI is InChI=1S/C12H16N2O3S2/c1-8(11(16)17)14-10(15)9(19-12(14)18)7-13-5-3-2-4-6-13/h7-8H,2-6H2,1H3,(H,16,17)/b9-7+/t8-/m0/s1. The number of hydrogen-bond acceptors (Lipinski definition) is 5. The largest absolute Gasteiger partial charge is 0.480 e. The molecule has 0 saturated carbocycles. The van der Waals surface area contributed by atoms with Crippen LogP contribution in [0.3, 0.4) is 0 Å². The van der Waals surface area contributed by atoms with E-state index in [2.05, 4.69) is 4.90 Å². The quantitative estimate of drug-likeness (QED) is 0.632. The van der Waals surface area contributed by atoms with Gasteiger partial charge in [0, 0.05) is 19.3 Å². The summed E-state index contributed by atoms with van der Waals surface area (Å²) in [6, 6.07) is -0.917. The van der Waals surface area contributed by atoms with Crippen molar-refractivity contribution < 1.29 is 14.7 Å². The first kappa shape index (κ1) is 14.3. The van der Waals surface area contributed by atoms with Gasteiger partial charge in [-0.1, -0.05) is 24.0 Å². The number of thioether (sulfide) groups is 1. The van der Waals surface area contributed by atoms with Crippen molar-refractivity contribution in [2.45, 2.75) is 32.2 Å². The summed E-state index contributed by atoms with van der Waals surface area (Å²) in [4.78, 5) is 27.0. The lowest BCUT2D eigenvalue weighted by Gasteiger charge is -2.25. The van der Waals surface area contributed by atoms with Gasteiger partial charge in [0.05, 0.1) is 4.91 Å². The number of hydrogen-bond donors (Lipinski definition) is 1. The molecule has 19 heavy (non-hydrogen) atoms. The van der Waals surface area contributed by atoms with Crippen LogP contribution in [0.5, 0.6) is 0 Å². The second-order valence-electron chi connectivity index (χ2n) is 4.65. The van der Waals surface area contributed by atoms with Gasteiger partial charge in [0.15, 0.2) is 0 Å². The van der Waals surface area contributed by atoms with Crippen LogP contribution in [0.15, 0.2) is 11.1 Å². The number of nitrogens with zero attached hydrogens (tertiary/aromatic N) is 2. The maximum absolute atomic E-state index is 12.2. The maximum Gasteiger partial charge on any atom is 0.326 e. The summed E-state index contributed by atoms with van der Waals surface area (Å²) < 4.78 is 0.322. The number of aliphatic carboxylic acids is 1. The van der Waals surface area contributed by atoms with E-state index in [0.717, 1.165) is 25.9 Å². The summed E-state index contributed by atoms with van der Waals surface area (Å²) in [6.45, 7) is 3.36. The van der Waals surface area contributed by atoms with E-state index in [1.54, 1.807) is 0 Å². The topological polar surface area (TPSA) is 60.9 Å². The fourth-order valence-corrected chi connectivity index (χ4v) is 3.55. The van der Waals surface area contributed by atoms with E-state index in [1.807, 2.05) is 6.20 Å². The fourth-order valence-electron chi connectivity index (χ4n) is 2.13. The molecule has 0 bridgehead atoms. The zero-order valence-corrected chi connectivity index (χ0v) is 12.3. The Labute approximate surface area is 121 Å². The molecule has 1 atom stereocenters. The predicted octanol–water partition coefficient (Wildman–Crippen LogP) is 1.65. The first-order valence-corrected chi connectivity index (χ1v) is 7.47. The molecule has 2 heterocycles.